The van der Waals surface area contributed by atoms with Gasteiger partial charge in [0.25, 0.3) is 5.95 Å². The first-order chi connectivity index (χ1) is 9.99. The maximum Gasteiger partial charge on any atom is 0.251 e. The molecule has 0 N–H and O–H groups in total. The van der Waals surface area contributed by atoms with Crippen LogP contribution in [0, 0.1) is 35.8 Å². The quantitative estimate of drug-likeness (QED) is 0.807. The van der Waals surface area contributed by atoms with E-state index in [1.807, 2.05) is 6.07 Å². The van der Waals surface area contributed by atoms with Crippen molar-refractivity contribution in [1.82, 2.24) is 4.98 Å². The van der Waals surface area contributed by atoms with E-state index in [9.17, 15) is 13.2 Å². The molecule has 0 bridgehead atoms. The normalized spacial score (nSPS) is 10.3. The summed E-state index contributed by atoms with van der Waals surface area (Å²) in [5.41, 5.74) is 0.436. The molecule has 1 aromatic carbocycles. The van der Waals surface area contributed by atoms with Gasteiger partial charge in [0, 0.05) is 17.8 Å². The zero-order chi connectivity index (χ0) is 15.6. The summed E-state index contributed by atoms with van der Waals surface area (Å²) in [6.07, 6.45) is 0. The number of pyridine rings is 1. The van der Waals surface area contributed by atoms with Gasteiger partial charge in [-0.05, 0) is 32.0 Å². The van der Waals surface area contributed by atoms with Gasteiger partial charge in [-0.2, -0.15) is 14.6 Å². The molecule has 6 heteroatoms. The van der Waals surface area contributed by atoms with E-state index >= 15 is 0 Å². The highest BCUT2D eigenvalue weighted by atomic mass is 19.2. The Balaban J connectivity index is 2.59. The number of rotatable bonds is 3. The van der Waals surface area contributed by atoms with Gasteiger partial charge in [-0.1, -0.05) is 6.07 Å². The number of benzene rings is 1. The first kappa shape index (κ1) is 14.9. The third-order valence-electron chi connectivity index (χ3n) is 3.10. The van der Waals surface area contributed by atoms with Crippen LogP contribution >= 0.6 is 0 Å². The minimum Gasteiger partial charge on any atom is -0.324 e. The van der Waals surface area contributed by atoms with Crippen molar-refractivity contribution in [2.75, 3.05) is 11.4 Å². The minimum absolute atomic E-state index is 0.281. The summed E-state index contributed by atoms with van der Waals surface area (Å²) < 4.78 is 40.9. The summed E-state index contributed by atoms with van der Waals surface area (Å²) in [4.78, 5) is 4.74. The third kappa shape index (κ3) is 2.68. The molecule has 0 aliphatic rings. The molecule has 2 rings (SSSR count). The highest BCUT2D eigenvalue weighted by Gasteiger charge is 2.22. The lowest BCUT2D eigenvalue weighted by molar-refractivity contribution is 0.457. The second-order valence-corrected chi connectivity index (χ2v) is 4.39. The molecule has 1 heterocycles. The first-order valence-corrected chi connectivity index (χ1v) is 6.28. The molecule has 0 atom stereocenters. The molecule has 2 aromatic rings. The lowest BCUT2D eigenvalue weighted by atomic mass is 10.2. The Kier molecular flexibility index (Phi) is 4.13. The fraction of sp³-hybridized carbons (Fsp3) is 0.200. The van der Waals surface area contributed by atoms with Crippen molar-refractivity contribution in [1.29, 1.82) is 5.26 Å². The number of nitriles is 1. The van der Waals surface area contributed by atoms with Crippen molar-refractivity contribution in [3.8, 4) is 6.07 Å². The Morgan fingerprint density at radius 3 is 2.57 bits per heavy atom. The number of hydrogen-bond acceptors (Lipinski definition) is 3. The smallest absolute Gasteiger partial charge is 0.251 e. The van der Waals surface area contributed by atoms with E-state index in [2.05, 4.69) is 4.98 Å². The van der Waals surface area contributed by atoms with E-state index in [0.717, 1.165) is 6.92 Å². The number of anilines is 2. The summed E-state index contributed by atoms with van der Waals surface area (Å²) in [5, 5.41) is 8.90. The molecule has 0 saturated carbocycles. The molecular weight excluding hydrogens is 279 g/mol. The molecule has 0 fully saturated rings. The minimum atomic E-state index is -1.35. The van der Waals surface area contributed by atoms with Crippen LogP contribution in [0.2, 0.25) is 0 Å². The Labute approximate surface area is 120 Å². The third-order valence-corrected chi connectivity index (χ3v) is 3.10. The van der Waals surface area contributed by atoms with Gasteiger partial charge >= 0.3 is 0 Å². The highest BCUT2D eigenvalue weighted by molar-refractivity contribution is 5.62. The average Bonchev–Trinajstić information content (AvgIpc) is 2.51. The maximum absolute atomic E-state index is 14.2. The molecule has 0 aliphatic heterocycles. The molecule has 0 amide bonds. The molecule has 0 radical (unpaired) electrons. The summed E-state index contributed by atoms with van der Waals surface area (Å²) in [7, 11) is 0. The fourth-order valence-electron chi connectivity index (χ4n) is 1.99. The summed E-state index contributed by atoms with van der Waals surface area (Å²) in [6.45, 7) is 3.15. The Morgan fingerprint density at radius 1 is 1.24 bits per heavy atom. The second kappa shape index (κ2) is 5.83. The van der Waals surface area contributed by atoms with Crippen LogP contribution in [0.4, 0.5) is 24.7 Å². The van der Waals surface area contributed by atoms with Crippen molar-refractivity contribution in [2.45, 2.75) is 13.8 Å². The van der Waals surface area contributed by atoms with Gasteiger partial charge in [0.05, 0.1) is 11.6 Å². The molecule has 0 spiro atoms. The highest BCUT2D eigenvalue weighted by Crippen LogP contribution is 2.29. The standard InChI is InChI=1S/C15H12F3N3/c1-3-21(11-6-4-5-10(7-11)8-19)15-13(17)9(2)12(16)14(18)20-15/h4-7H,3H2,1-2H3. The van der Waals surface area contributed by atoms with Crippen LogP contribution < -0.4 is 4.90 Å². The predicted molar refractivity (Wildman–Crippen MR) is 72.7 cm³/mol. The Bertz CT molecular complexity index is 723. The topological polar surface area (TPSA) is 39.9 Å². The fourth-order valence-corrected chi connectivity index (χ4v) is 1.99. The predicted octanol–water partition coefficient (Wildman–Crippen LogP) is 3.84. The van der Waals surface area contributed by atoms with E-state index in [4.69, 9.17) is 5.26 Å². The summed E-state index contributed by atoms with van der Waals surface area (Å²) in [6, 6.07) is 8.36. The number of nitrogens with zero attached hydrogens (tertiary/aromatic N) is 3. The lowest BCUT2D eigenvalue weighted by Crippen LogP contribution is -2.20. The van der Waals surface area contributed by atoms with Gasteiger partial charge in [0.15, 0.2) is 17.5 Å². The largest absolute Gasteiger partial charge is 0.324 e. The first-order valence-electron chi connectivity index (χ1n) is 6.28. The van der Waals surface area contributed by atoms with Crippen LogP contribution in [0.1, 0.15) is 18.1 Å². The van der Waals surface area contributed by atoms with Crippen LogP contribution in [0.5, 0.6) is 0 Å². The molecule has 21 heavy (non-hydrogen) atoms. The van der Waals surface area contributed by atoms with Gasteiger partial charge in [0.2, 0.25) is 0 Å². The molecule has 1 aromatic heterocycles. The Morgan fingerprint density at radius 2 is 1.95 bits per heavy atom. The van der Waals surface area contributed by atoms with Crippen molar-refractivity contribution < 1.29 is 13.2 Å². The van der Waals surface area contributed by atoms with Crippen molar-refractivity contribution in [3.63, 3.8) is 0 Å². The maximum atomic E-state index is 14.2. The molecule has 0 saturated heterocycles. The monoisotopic (exact) mass is 291 g/mol. The van der Waals surface area contributed by atoms with Crippen LogP contribution in [0.3, 0.4) is 0 Å². The zero-order valence-corrected chi connectivity index (χ0v) is 11.5. The van der Waals surface area contributed by atoms with Crippen LogP contribution in [-0.4, -0.2) is 11.5 Å². The van der Waals surface area contributed by atoms with Crippen LogP contribution in [0.25, 0.3) is 0 Å². The van der Waals surface area contributed by atoms with Gasteiger partial charge in [-0.25, -0.2) is 8.78 Å². The van der Waals surface area contributed by atoms with E-state index in [1.165, 1.54) is 11.0 Å². The van der Waals surface area contributed by atoms with Gasteiger partial charge < -0.3 is 4.90 Å². The SMILES string of the molecule is CCN(c1cccc(C#N)c1)c1nc(F)c(F)c(C)c1F. The molecular formula is C15H12F3N3. The molecule has 3 nitrogen and oxygen atoms in total. The zero-order valence-electron chi connectivity index (χ0n) is 11.5. The number of aromatic nitrogens is 1. The molecule has 108 valence electrons. The van der Waals surface area contributed by atoms with Crippen LogP contribution in [0.15, 0.2) is 24.3 Å². The van der Waals surface area contributed by atoms with E-state index in [-0.39, 0.29) is 12.4 Å². The molecule has 0 aliphatic carbocycles. The summed E-state index contributed by atoms with van der Waals surface area (Å²) >= 11 is 0. The number of hydrogen-bond donors (Lipinski definition) is 0. The van der Waals surface area contributed by atoms with E-state index in [0.29, 0.717) is 11.3 Å². The van der Waals surface area contributed by atoms with Gasteiger partial charge in [-0.3, -0.25) is 0 Å². The van der Waals surface area contributed by atoms with Crippen molar-refractivity contribution in [2.24, 2.45) is 0 Å². The Hall–Kier alpha value is -2.55. The van der Waals surface area contributed by atoms with Gasteiger partial charge in [0.1, 0.15) is 0 Å². The summed E-state index contributed by atoms with van der Waals surface area (Å²) in [5.74, 6) is -3.86. The van der Waals surface area contributed by atoms with Crippen molar-refractivity contribution in [3.05, 3.63) is 53.0 Å². The van der Waals surface area contributed by atoms with Crippen LogP contribution in [-0.2, 0) is 0 Å². The number of halogens is 3. The van der Waals surface area contributed by atoms with Crippen molar-refractivity contribution >= 4 is 11.5 Å². The van der Waals surface area contributed by atoms with Gasteiger partial charge in [-0.15, -0.1) is 0 Å². The lowest BCUT2D eigenvalue weighted by Gasteiger charge is -2.23. The van der Waals surface area contributed by atoms with E-state index < -0.39 is 23.1 Å². The van der Waals surface area contributed by atoms with E-state index in [1.54, 1.807) is 25.1 Å². The second-order valence-electron chi connectivity index (χ2n) is 4.39. The molecule has 0 unspecified atom stereocenters. The average molecular weight is 291 g/mol.